The third kappa shape index (κ3) is 38.0. The Bertz CT molecular complexity index is 794. The van der Waals surface area contributed by atoms with Gasteiger partial charge in [-0.05, 0) is 37.0 Å². The van der Waals surface area contributed by atoms with Gasteiger partial charge in [-0.2, -0.15) is 0 Å². The molecule has 0 amide bonds. The first-order valence-electron chi connectivity index (χ1n) is 22.1. The van der Waals surface area contributed by atoms with E-state index >= 15 is 0 Å². The quantitative estimate of drug-likeness (QED) is 0.0359. The van der Waals surface area contributed by atoms with Crippen molar-refractivity contribution in [3.05, 3.63) is 0 Å². The van der Waals surface area contributed by atoms with Gasteiger partial charge in [-0.1, -0.05) is 196 Å². The molecule has 0 aromatic rings. The normalized spacial score (nSPS) is 12.7. The summed E-state index contributed by atoms with van der Waals surface area (Å²) in [5.74, 6) is 1.55. The lowest BCUT2D eigenvalue weighted by atomic mass is 9.99. The molecule has 0 aromatic heterocycles. The largest absolute Gasteiger partial charge is 0.462 e. The SMILES string of the molecule is CCC(C)CCCCCCCCCCC(=O)OC[C@@H](COC(=O)CCCCCCCCCCC(C)C)OC(=O)CCCCCCCCCC(C)C. The lowest BCUT2D eigenvalue weighted by Gasteiger charge is -2.18. The van der Waals surface area contributed by atoms with Crippen molar-refractivity contribution in [2.24, 2.45) is 17.8 Å². The van der Waals surface area contributed by atoms with Gasteiger partial charge in [0, 0.05) is 19.3 Å². The summed E-state index contributed by atoms with van der Waals surface area (Å²) in [5, 5.41) is 0. The van der Waals surface area contributed by atoms with Crippen LogP contribution in [0.15, 0.2) is 0 Å². The molecule has 0 saturated heterocycles. The zero-order chi connectivity index (χ0) is 37.8. The molecule has 6 heteroatoms. The van der Waals surface area contributed by atoms with E-state index in [2.05, 4.69) is 41.5 Å². The molecule has 51 heavy (non-hydrogen) atoms. The number of rotatable bonds is 38. The van der Waals surface area contributed by atoms with Crippen molar-refractivity contribution in [3.8, 4) is 0 Å². The molecule has 0 N–H and O–H groups in total. The number of carbonyl (C=O) groups is 3. The summed E-state index contributed by atoms with van der Waals surface area (Å²) in [6.07, 6.45) is 32.4. The highest BCUT2D eigenvalue weighted by Gasteiger charge is 2.19. The van der Waals surface area contributed by atoms with Gasteiger partial charge in [0.15, 0.2) is 6.10 Å². The molecule has 6 nitrogen and oxygen atoms in total. The molecule has 302 valence electrons. The molecule has 0 aromatic carbocycles. The van der Waals surface area contributed by atoms with Crippen molar-refractivity contribution in [1.82, 2.24) is 0 Å². The van der Waals surface area contributed by atoms with Gasteiger partial charge in [0.2, 0.25) is 0 Å². The third-order valence-corrected chi connectivity index (χ3v) is 10.3. The van der Waals surface area contributed by atoms with Crippen LogP contribution in [0.25, 0.3) is 0 Å². The van der Waals surface area contributed by atoms with E-state index in [-0.39, 0.29) is 31.1 Å². The van der Waals surface area contributed by atoms with Gasteiger partial charge in [-0.3, -0.25) is 14.4 Å². The van der Waals surface area contributed by atoms with Crippen LogP contribution in [0.3, 0.4) is 0 Å². The van der Waals surface area contributed by atoms with Crippen molar-refractivity contribution < 1.29 is 28.6 Å². The maximum Gasteiger partial charge on any atom is 0.306 e. The predicted molar refractivity (Wildman–Crippen MR) is 215 cm³/mol. The van der Waals surface area contributed by atoms with E-state index in [9.17, 15) is 14.4 Å². The van der Waals surface area contributed by atoms with Gasteiger partial charge in [0.25, 0.3) is 0 Å². The van der Waals surface area contributed by atoms with E-state index in [1.807, 2.05) is 0 Å². The van der Waals surface area contributed by atoms with Gasteiger partial charge in [-0.25, -0.2) is 0 Å². The molecule has 0 aliphatic rings. The predicted octanol–water partition coefficient (Wildman–Crippen LogP) is 13.7. The van der Waals surface area contributed by atoms with Crippen LogP contribution < -0.4 is 0 Å². The van der Waals surface area contributed by atoms with Crippen LogP contribution in [-0.4, -0.2) is 37.2 Å². The second kappa shape index (κ2) is 36.8. The number of esters is 3. The van der Waals surface area contributed by atoms with E-state index in [0.29, 0.717) is 19.3 Å². The average molecular weight is 723 g/mol. The number of carbonyl (C=O) groups excluding carboxylic acids is 3. The van der Waals surface area contributed by atoms with E-state index in [1.54, 1.807) is 0 Å². The van der Waals surface area contributed by atoms with E-state index < -0.39 is 6.10 Å². The summed E-state index contributed by atoms with van der Waals surface area (Å²) in [5.41, 5.74) is 0. The number of ether oxygens (including phenoxy) is 3. The van der Waals surface area contributed by atoms with E-state index in [0.717, 1.165) is 75.5 Å². The summed E-state index contributed by atoms with van der Waals surface area (Å²) < 4.78 is 16.7. The van der Waals surface area contributed by atoms with Crippen LogP contribution in [0.2, 0.25) is 0 Å². The first-order chi connectivity index (χ1) is 24.6. The van der Waals surface area contributed by atoms with Crippen molar-refractivity contribution in [2.45, 2.75) is 240 Å². The number of unbranched alkanes of at least 4 members (excludes halogenated alkanes) is 20. The summed E-state index contributed by atoms with van der Waals surface area (Å²) in [4.78, 5) is 37.6. The lowest BCUT2D eigenvalue weighted by Crippen LogP contribution is -2.30. The molecule has 0 heterocycles. The first kappa shape index (κ1) is 49.4. The highest BCUT2D eigenvalue weighted by Crippen LogP contribution is 2.17. The Balaban J connectivity index is 4.36. The summed E-state index contributed by atoms with van der Waals surface area (Å²) >= 11 is 0. The molecular formula is C45H86O6. The van der Waals surface area contributed by atoms with Crippen molar-refractivity contribution in [2.75, 3.05) is 13.2 Å². The molecular weight excluding hydrogens is 636 g/mol. The van der Waals surface area contributed by atoms with E-state index in [1.165, 1.54) is 116 Å². The molecule has 0 fully saturated rings. The Morgan fingerprint density at radius 3 is 1.02 bits per heavy atom. The van der Waals surface area contributed by atoms with Gasteiger partial charge in [-0.15, -0.1) is 0 Å². The smallest absolute Gasteiger partial charge is 0.306 e. The molecule has 2 atom stereocenters. The molecule has 1 unspecified atom stereocenters. The van der Waals surface area contributed by atoms with Crippen LogP contribution >= 0.6 is 0 Å². The zero-order valence-electron chi connectivity index (χ0n) is 34.9. The Kier molecular flexibility index (Phi) is 35.6. The van der Waals surface area contributed by atoms with Crippen LogP contribution in [0, 0.1) is 17.8 Å². The van der Waals surface area contributed by atoms with Crippen molar-refractivity contribution in [3.63, 3.8) is 0 Å². The zero-order valence-corrected chi connectivity index (χ0v) is 34.9. The topological polar surface area (TPSA) is 78.9 Å². The molecule has 0 radical (unpaired) electrons. The Morgan fingerprint density at radius 1 is 0.392 bits per heavy atom. The van der Waals surface area contributed by atoms with Crippen LogP contribution in [-0.2, 0) is 28.6 Å². The minimum Gasteiger partial charge on any atom is -0.462 e. The maximum absolute atomic E-state index is 12.7. The maximum atomic E-state index is 12.7. The minimum absolute atomic E-state index is 0.0674. The average Bonchev–Trinajstić information content (AvgIpc) is 3.09. The lowest BCUT2D eigenvalue weighted by molar-refractivity contribution is -0.167. The van der Waals surface area contributed by atoms with Crippen molar-refractivity contribution in [1.29, 1.82) is 0 Å². The summed E-state index contributed by atoms with van der Waals surface area (Å²) in [6, 6.07) is 0. The fourth-order valence-corrected chi connectivity index (χ4v) is 6.49. The van der Waals surface area contributed by atoms with Gasteiger partial charge >= 0.3 is 17.9 Å². The third-order valence-electron chi connectivity index (χ3n) is 10.3. The summed E-state index contributed by atoms with van der Waals surface area (Å²) in [6.45, 7) is 13.6. The number of hydrogen-bond donors (Lipinski definition) is 0. The Hall–Kier alpha value is -1.59. The minimum atomic E-state index is -0.762. The van der Waals surface area contributed by atoms with Gasteiger partial charge in [0.1, 0.15) is 13.2 Å². The monoisotopic (exact) mass is 723 g/mol. The fourth-order valence-electron chi connectivity index (χ4n) is 6.49. The molecule has 0 bridgehead atoms. The van der Waals surface area contributed by atoms with Crippen LogP contribution in [0.4, 0.5) is 0 Å². The second-order valence-corrected chi connectivity index (χ2v) is 16.5. The Morgan fingerprint density at radius 2 is 0.686 bits per heavy atom. The fraction of sp³-hybridized carbons (Fsp3) is 0.933. The summed E-state index contributed by atoms with van der Waals surface area (Å²) in [7, 11) is 0. The van der Waals surface area contributed by atoms with E-state index in [4.69, 9.17) is 14.2 Å². The molecule has 0 aliphatic heterocycles. The van der Waals surface area contributed by atoms with Crippen LogP contribution in [0.1, 0.15) is 234 Å². The molecule has 0 spiro atoms. The highest BCUT2D eigenvalue weighted by atomic mass is 16.6. The second-order valence-electron chi connectivity index (χ2n) is 16.5. The molecule has 0 rings (SSSR count). The van der Waals surface area contributed by atoms with Gasteiger partial charge in [0.05, 0.1) is 0 Å². The first-order valence-corrected chi connectivity index (χ1v) is 22.1. The van der Waals surface area contributed by atoms with Gasteiger partial charge < -0.3 is 14.2 Å². The molecule has 0 aliphatic carbocycles. The van der Waals surface area contributed by atoms with Crippen molar-refractivity contribution >= 4 is 17.9 Å². The standard InChI is InChI=1S/C45H86O6/c1-7-41(6)33-27-21-15-9-11-17-23-29-35-44(47)50-38-42(51-45(48)36-30-24-18-12-14-20-26-32-40(4)5)37-49-43(46)34-28-22-16-10-8-13-19-25-31-39(2)3/h39-42H,7-38H2,1-6H3/t41?,42-/m1/s1. The Labute approximate surface area is 317 Å². The number of hydrogen-bond acceptors (Lipinski definition) is 6. The molecule has 0 saturated carbocycles. The highest BCUT2D eigenvalue weighted by molar-refractivity contribution is 5.71. The van der Waals surface area contributed by atoms with Crippen LogP contribution in [0.5, 0.6) is 0 Å².